The monoisotopic (exact) mass is 477 g/mol. The Bertz CT molecular complexity index is 1290. The van der Waals surface area contributed by atoms with E-state index < -0.39 is 0 Å². The summed E-state index contributed by atoms with van der Waals surface area (Å²) in [4.78, 5) is 32.5. The van der Waals surface area contributed by atoms with E-state index in [9.17, 15) is 9.59 Å². The molecule has 1 atom stereocenters. The van der Waals surface area contributed by atoms with Gasteiger partial charge in [-0.2, -0.15) is 0 Å². The smallest absolute Gasteiger partial charge is 0.270 e. The summed E-state index contributed by atoms with van der Waals surface area (Å²) in [5.74, 6) is 0.184. The number of carbonyl (C=O) groups is 2. The van der Waals surface area contributed by atoms with E-state index in [0.717, 1.165) is 20.8 Å². The van der Waals surface area contributed by atoms with Gasteiger partial charge in [0.05, 0.1) is 6.42 Å². The van der Waals surface area contributed by atoms with Crippen molar-refractivity contribution in [3.63, 3.8) is 0 Å². The number of piperazine rings is 1. The molecule has 0 saturated carbocycles. The molecule has 0 spiro atoms. The summed E-state index contributed by atoms with van der Waals surface area (Å²) in [6.07, 6.45) is 0.436. The quantitative estimate of drug-likeness (QED) is 0.404. The Hall–Kier alpha value is -2.90. The van der Waals surface area contributed by atoms with Crippen LogP contribution in [0.5, 0.6) is 0 Å². The maximum absolute atomic E-state index is 13.6. The zero-order valence-corrected chi connectivity index (χ0v) is 20.5. The molecule has 1 fully saturated rings. The highest BCUT2D eigenvalue weighted by molar-refractivity contribution is 7.16. The Labute approximate surface area is 201 Å². The molecule has 7 heteroatoms. The highest BCUT2D eigenvalue weighted by atomic mass is 32.1. The molecular weight excluding hydrogens is 450 g/mol. The molecule has 33 heavy (non-hydrogen) atoms. The number of aryl methyl sites for hydroxylation is 1. The molecule has 1 saturated heterocycles. The van der Waals surface area contributed by atoms with Crippen LogP contribution in [0.4, 0.5) is 0 Å². The molecule has 3 aromatic heterocycles. The standard InChI is InChI=1S/C26H27N3O2S2/c1-18-5-3-6-20(13-18)17-29-23(14-21-8-12-33-26(21)29)25(31)27-9-10-28(19(2)16-27)24(30)15-22-7-4-11-32-22/h3-8,11-14,19H,9-10,15-17H2,1-2H3. The number of nitrogens with zero attached hydrogens (tertiary/aromatic N) is 3. The molecule has 5 nitrogen and oxygen atoms in total. The van der Waals surface area contributed by atoms with Gasteiger partial charge in [-0.05, 0) is 48.4 Å². The topological polar surface area (TPSA) is 45.6 Å². The third-order valence-corrected chi connectivity index (χ3v) is 8.11. The van der Waals surface area contributed by atoms with Crippen LogP contribution >= 0.6 is 22.7 Å². The van der Waals surface area contributed by atoms with Crippen LogP contribution in [0.2, 0.25) is 0 Å². The van der Waals surface area contributed by atoms with Gasteiger partial charge in [0.2, 0.25) is 5.91 Å². The number of aromatic nitrogens is 1. The first kappa shape index (κ1) is 21.9. The molecule has 0 bridgehead atoms. The third kappa shape index (κ3) is 4.48. The average molecular weight is 478 g/mol. The van der Waals surface area contributed by atoms with Crippen LogP contribution in [0.15, 0.2) is 59.3 Å². The van der Waals surface area contributed by atoms with Gasteiger partial charge in [-0.25, -0.2) is 0 Å². The minimum absolute atomic E-state index is 0.00327. The van der Waals surface area contributed by atoms with Crippen molar-refractivity contribution in [2.75, 3.05) is 19.6 Å². The van der Waals surface area contributed by atoms with Crippen LogP contribution in [0.25, 0.3) is 10.2 Å². The molecule has 0 aliphatic carbocycles. The Morgan fingerprint density at radius 1 is 1.03 bits per heavy atom. The van der Waals surface area contributed by atoms with Crippen LogP contribution in [0, 0.1) is 6.92 Å². The van der Waals surface area contributed by atoms with E-state index in [0.29, 0.717) is 32.6 Å². The number of amides is 2. The summed E-state index contributed by atoms with van der Waals surface area (Å²) < 4.78 is 2.15. The first-order valence-electron chi connectivity index (χ1n) is 11.2. The highest BCUT2D eigenvalue weighted by Gasteiger charge is 2.31. The van der Waals surface area contributed by atoms with Crippen molar-refractivity contribution in [3.05, 3.63) is 81.0 Å². The molecule has 5 rings (SSSR count). The van der Waals surface area contributed by atoms with Gasteiger partial charge in [-0.1, -0.05) is 35.9 Å². The first-order chi connectivity index (χ1) is 16.0. The minimum atomic E-state index is -0.00327. The van der Waals surface area contributed by atoms with E-state index in [1.165, 1.54) is 11.1 Å². The number of thiophene rings is 2. The third-order valence-electron chi connectivity index (χ3n) is 6.29. The van der Waals surface area contributed by atoms with E-state index in [1.54, 1.807) is 22.7 Å². The molecule has 2 amide bonds. The number of rotatable bonds is 5. The maximum atomic E-state index is 13.6. The fraction of sp³-hybridized carbons (Fsp3) is 0.308. The van der Waals surface area contributed by atoms with E-state index in [2.05, 4.69) is 47.2 Å². The largest absolute Gasteiger partial charge is 0.336 e. The Morgan fingerprint density at radius 3 is 2.67 bits per heavy atom. The fourth-order valence-electron chi connectivity index (χ4n) is 4.64. The predicted octanol–water partition coefficient (Wildman–Crippen LogP) is 5.04. The maximum Gasteiger partial charge on any atom is 0.270 e. The average Bonchev–Trinajstić information content (AvgIpc) is 3.52. The second-order valence-corrected chi connectivity index (χ2v) is 10.7. The first-order valence-corrected chi connectivity index (χ1v) is 13.0. The SMILES string of the molecule is Cc1cccc(Cn2c(C(=O)N3CCN(C(=O)Cc4cccs4)C(C)C3)cc3ccsc32)c1. The summed E-state index contributed by atoms with van der Waals surface area (Å²) in [6.45, 7) is 6.48. The van der Waals surface area contributed by atoms with Gasteiger partial charge in [0.1, 0.15) is 10.5 Å². The van der Waals surface area contributed by atoms with E-state index in [4.69, 9.17) is 0 Å². The molecule has 1 aliphatic rings. The molecule has 4 aromatic rings. The molecule has 0 radical (unpaired) electrons. The Balaban J connectivity index is 1.34. The van der Waals surface area contributed by atoms with Crippen molar-refractivity contribution in [1.82, 2.24) is 14.4 Å². The van der Waals surface area contributed by atoms with Crippen LogP contribution in [-0.4, -0.2) is 51.9 Å². The summed E-state index contributed by atoms with van der Waals surface area (Å²) in [6, 6.07) is 16.5. The predicted molar refractivity (Wildman–Crippen MR) is 135 cm³/mol. The Morgan fingerprint density at radius 2 is 1.91 bits per heavy atom. The van der Waals surface area contributed by atoms with E-state index in [-0.39, 0.29) is 17.9 Å². The minimum Gasteiger partial charge on any atom is -0.336 e. The number of fused-ring (bicyclic) bond motifs is 1. The van der Waals surface area contributed by atoms with Gasteiger partial charge < -0.3 is 14.4 Å². The highest BCUT2D eigenvalue weighted by Crippen LogP contribution is 2.28. The lowest BCUT2D eigenvalue weighted by Crippen LogP contribution is -2.55. The summed E-state index contributed by atoms with van der Waals surface area (Å²) in [5, 5.41) is 5.18. The molecule has 1 aliphatic heterocycles. The second kappa shape index (κ2) is 9.15. The van der Waals surface area contributed by atoms with E-state index >= 15 is 0 Å². The van der Waals surface area contributed by atoms with Gasteiger partial charge in [-0.3, -0.25) is 9.59 Å². The van der Waals surface area contributed by atoms with Crippen LogP contribution in [0.1, 0.15) is 33.4 Å². The van der Waals surface area contributed by atoms with Crippen LogP contribution in [0.3, 0.4) is 0 Å². The zero-order chi connectivity index (χ0) is 22.9. The molecule has 0 N–H and O–H groups in total. The molecule has 1 aromatic carbocycles. The zero-order valence-electron chi connectivity index (χ0n) is 18.9. The van der Waals surface area contributed by atoms with Crippen molar-refractivity contribution in [2.45, 2.75) is 32.9 Å². The number of hydrogen-bond acceptors (Lipinski definition) is 4. The number of benzene rings is 1. The summed E-state index contributed by atoms with van der Waals surface area (Å²) in [7, 11) is 0. The van der Waals surface area contributed by atoms with Crippen molar-refractivity contribution in [3.8, 4) is 0 Å². The summed E-state index contributed by atoms with van der Waals surface area (Å²) >= 11 is 3.28. The van der Waals surface area contributed by atoms with Crippen LogP contribution < -0.4 is 0 Å². The fourth-order valence-corrected chi connectivity index (χ4v) is 6.23. The lowest BCUT2D eigenvalue weighted by Gasteiger charge is -2.40. The van der Waals surface area contributed by atoms with Gasteiger partial charge in [0.15, 0.2) is 0 Å². The van der Waals surface area contributed by atoms with Gasteiger partial charge >= 0.3 is 0 Å². The van der Waals surface area contributed by atoms with Gasteiger partial charge in [0.25, 0.3) is 5.91 Å². The van der Waals surface area contributed by atoms with Crippen molar-refractivity contribution < 1.29 is 9.59 Å². The van der Waals surface area contributed by atoms with Crippen molar-refractivity contribution in [2.24, 2.45) is 0 Å². The van der Waals surface area contributed by atoms with Crippen molar-refractivity contribution >= 4 is 44.7 Å². The lowest BCUT2D eigenvalue weighted by atomic mass is 10.1. The normalized spacial score (nSPS) is 16.5. The molecular formula is C26H27N3O2S2. The second-order valence-electron chi connectivity index (χ2n) is 8.73. The number of hydrogen-bond donors (Lipinski definition) is 0. The van der Waals surface area contributed by atoms with Crippen LogP contribution in [-0.2, 0) is 17.8 Å². The molecule has 170 valence electrons. The Kier molecular flexibility index (Phi) is 6.08. The van der Waals surface area contributed by atoms with Crippen molar-refractivity contribution in [1.29, 1.82) is 0 Å². The summed E-state index contributed by atoms with van der Waals surface area (Å²) in [5.41, 5.74) is 3.13. The number of carbonyl (C=O) groups excluding carboxylic acids is 2. The van der Waals surface area contributed by atoms with E-state index in [1.807, 2.05) is 40.3 Å². The molecule has 1 unspecified atom stereocenters. The lowest BCUT2D eigenvalue weighted by molar-refractivity contribution is -0.134. The molecule has 4 heterocycles. The van der Waals surface area contributed by atoms with Gasteiger partial charge in [-0.15, -0.1) is 22.7 Å². The van der Waals surface area contributed by atoms with Gasteiger partial charge in [0, 0.05) is 42.5 Å².